The molecule has 0 saturated carbocycles. The number of hydrogen-bond acceptors (Lipinski definition) is 1. The monoisotopic (exact) mass is 343 g/mol. The van der Waals surface area contributed by atoms with Gasteiger partial charge in [0.2, 0.25) is 0 Å². The van der Waals surface area contributed by atoms with Crippen molar-refractivity contribution in [2.45, 2.75) is 52.4 Å². The fourth-order valence-corrected chi connectivity index (χ4v) is 4.18. The van der Waals surface area contributed by atoms with Gasteiger partial charge in [-0.25, -0.2) is 0 Å². The Balaban J connectivity index is 2.06. The fourth-order valence-electron chi connectivity index (χ4n) is 4.18. The van der Waals surface area contributed by atoms with Crippen LogP contribution in [0.2, 0.25) is 0 Å². The van der Waals surface area contributed by atoms with Crippen LogP contribution in [0.1, 0.15) is 52.7 Å². The Kier molecular flexibility index (Phi) is 3.54. The number of anilines is 2. The summed E-state index contributed by atoms with van der Waals surface area (Å²) in [4.78, 5) is 2.37. The van der Waals surface area contributed by atoms with E-state index < -0.39 is 0 Å². The van der Waals surface area contributed by atoms with Crippen LogP contribution >= 0.6 is 0 Å². The van der Waals surface area contributed by atoms with Gasteiger partial charge in [0, 0.05) is 29.4 Å². The number of hydrogen-bond donors (Lipinski definition) is 0. The van der Waals surface area contributed by atoms with Crippen LogP contribution in [0.4, 0.5) is 11.4 Å². The second kappa shape index (κ2) is 5.36. The molecule has 0 N–H and O–H groups in total. The third-order valence-corrected chi connectivity index (χ3v) is 5.70. The molecule has 1 heteroatoms. The van der Waals surface area contributed by atoms with Crippen LogP contribution in [0.25, 0.3) is 21.9 Å². The first-order valence-corrected chi connectivity index (χ1v) is 9.54. The van der Waals surface area contributed by atoms with Gasteiger partial charge < -0.3 is 4.90 Å². The molecule has 3 aromatic carbocycles. The Hall–Kier alpha value is -2.28. The van der Waals surface area contributed by atoms with E-state index in [9.17, 15) is 0 Å². The van der Waals surface area contributed by atoms with Crippen molar-refractivity contribution in [3.8, 4) is 11.1 Å². The Bertz CT molecular complexity index is 1010. The van der Waals surface area contributed by atoms with E-state index >= 15 is 0 Å². The van der Waals surface area contributed by atoms with Gasteiger partial charge in [-0.2, -0.15) is 0 Å². The lowest BCUT2D eigenvalue weighted by molar-refractivity contribution is 0.590. The molecule has 1 heterocycles. The Morgan fingerprint density at radius 2 is 1.42 bits per heavy atom. The lowest BCUT2D eigenvalue weighted by atomic mass is 9.80. The average Bonchev–Trinajstić information content (AvgIpc) is 2.56. The molecule has 0 spiro atoms. The molecule has 0 atom stereocenters. The Labute approximate surface area is 157 Å². The average molecular weight is 344 g/mol. The van der Waals surface area contributed by atoms with Gasteiger partial charge in [-0.05, 0) is 45.0 Å². The molecule has 1 aliphatic rings. The molecule has 0 aromatic heterocycles. The summed E-state index contributed by atoms with van der Waals surface area (Å²) in [6.45, 7) is 13.7. The molecule has 1 aliphatic heterocycles. The van der Waals surface area contributed by atoms with Gasteiger partial charge in [-0.3, -0.25) is 0 Å². The molecule has 0 bridgehead atoms. The summed E-state index contributed by atoms with van der Waals surface area (Å²) in [5.41, 5.74) is 8.39. The quantitative estimate of drug-likeness (QED) is 0.418. The first-order valence-electron chi connectivity index (χ1n) is 9.54. The normalized spacial score (nSPS) is 13.9. The van der Waals surface area contributed by atoms with E-state index in [-0.39, 0.29) is 10.8 Å². The highest BCUT2D eigenvalue weighted by Gasteiger charge is 2.27. The number of benzene rings is 3. The predicted molar refractivity (Wildman–Crippen MR) is 115 cm³/mol. The van der Waals surface area contributed by atoms with Crippen molar-refractivity contribution in [3.05, 3.63) is 59.7 Å². The first kappa shape index (κ1) is 17.1. The van der Waals surface area contributed by atoms with E-state index in [1.807, 2.05) is 0 Å². The van der Waals surface area contributed by atoms with Crippen molar-refractivity contribution in [3.63, 3.8) is 0 Å². The minimum absolute atomic E-state index is 0.131. The van der Waals surface area contributed by atoms with Crippen LogP contribution in [0.15, 0.2) is 48.5 Å². The molecule has 26 heavy (non-hydrogen) atoms. The Morgan fingerprint density at radius 3 is 2.08 bits per heavy atom. The Morgan fingerprint density at radius 1 is 0.692 bits per heavy atom. The summed E-state index contributed by atoms with van der Waals surface area (Å²) in [5.74, 6) is 0. The highest BCUT2D eigenvalue weighted by molar-refractivity contribution is 6.12. The molecule has 0 aliphatic carbocycles. The molecular weight excluding hydrogens is 314 g/mol. The van der Waals surface area contributed by atoms with E-state index in [0.29, 0.717) is 0 Å². The molecule has 134 valence electrons. The molecule has 0 radical (unpaired) electrons. The van der Waals surface area contributed by atoms with Gasteiger partial charge in [-0.15, -0.1) is 0 Å². The molecule has 1 nitrogen and oxygen atoms in total. The lowest BCUT2D eigenvalue weighted by Crippen LogP contribution is -2.19. The van der Waals surface area contributed by atoms with Gasteiger partial charge in [-0.1, -0.05) is 77.9 Å². The second-order valence-electron chi connectivity index (χ2n) is 9.65. The minimum atomic E-state index is 0.131. The summed E-state index contributed by atoms with van der Waals surface area (Å²) in [6, 6.07) is 18.4. The number of rotatable bonds is 0. The van der Waals surface area contributed by atoms with E-state index in [0.717, 1.165) is 0 Å². The molecule has 0 fully saturated rings. The summed E-state index contributed by atoms with van der Waals surface area (Å²) >= 11 is 0. The molecular formula is C25H29N. The van der Waals surface area contributed by atoms with Gasteiger partial charge in [0.25, 0.3) is 0 Å². The van der Waals surface area contributed by atoms with E-state index in [2.05, 4.69) is 102 Å². The summed E-state index contributed by atoms with van der Waals surface area (Å²) < 4.78 is 0. The highest BCUT2D eigenvalue weighted by Crippen LogP contribution is 2.49. The summed E-state index contributed by atoms with van der Waals surface area (Å²) in [7, 11) is 2.20. The standard InChI is InChI=1S/C25H29N/c1-24(2,3)16-11-12-17-18-9-8-10-19-20(25(4,5)6)13-14-21(23(18)19)26(7)22(17)15-16/h8-15H,1-7H3. The van der Waals surface area contributed by atoms with Crippen molar-refractivity contribution >= 4 is 22.1 Å². The zero-order valence-corrected chi connectivity index (χ0v) is 17.1. The third kappa shape index (κ3) is 2.45. The maximum absolute atomic E-state index is 2.37. The minimum Gasteiger partial charge on any atom is -0.344 e. The smallest absolute Gasteiger partial charge is 0.0494 e. The van der Waals surface area contributed by atoms with Gasteiger partial charge in [0.15, 0.2) is 0 Å². The van der Waals surface area contributed by atoms with Gasteiger partial charge >= 0.3 is 0 Å². The molecule has 0 saturated heterocycles. The van der Waals surface area contributed by atoms with Crippen LogP contribution in [-0.2, 0) is 10.8 Å². The maximum Gasteiger partial charge on any atom is 0.0494 e. The van der Waals surface area contributed by atoms with Gasteiger partial charge in [0.05, 0.1) is 0 Å². The fraction of sp³-hybridized carbons (Fsp3) is 0.360. The highest BCUT2D eigenvalue weighted by atomic mass is 15.1. The topological polar surface area (TPSA) is 3.24 Å². The lowest BCUT2D eigenvalue weighted by Gasteiger charge is -2.34. The van der Waals surface area contributed by atoms with Crippen molar-refractivity contribution in [2.75, 3.05) is 11.9 Å². The number of nitrogens with zero attached hydrogens (tertiary/aromatic N) is 1. The molecule has 0 amide bonds. The van der Waals surface area contributed by atoms with Crippen molar-refractivity contribution in [2.24, 2.45) is 0 Å². The second-order valence-corrected chi connectivity index (χ2v) is 9.65. The van der Waals surface area contributed by atoms with E-state index in [1.165, 1.54) is 44.4 Å². The molecule has 0 unspecified atom stereocenters. The van der Waals surface area contributed by atoms with Crippen LogP contribution < -0.4 is 4.90 Å². The van der Waals surface area contributed by atoms with Crippen LogP contribution in [0.3, 0.4) is 0 Å². The van der Waals surface area contributed by atoms with Crippen LogP contribution in [-0.4, -0.2) is 7.05 Å². The predicted octanol–water partition coefficient (Wildman–Crippen LogP) is 7.18. The third-order valence-electron chi connectivity index (χ3n) is 5.70. The van der Waals surface area contributed by atoms with Crippen LogP contribution in [0.5, 0.6) is 0 Å². The maximum atomic E-state index is 2.37. The van der Waals surface area contributed by atoms with E-state index in [1.54, 1.807) is 0 Å². The van der Waals surface area contributed by atoms with E-state index in [4.69, 9.17) is 0 Å². The number of fused-ring (bicyclic) bond motifs is 2. The molecule has 4 rings (SSSR count). The molecule has 3 aromatic rings. The first-order chi connectivity index (χ1) is 12.1. The largest absolute Gasteiger partial charge is 0.344 e. The van der Waals surface area contributed by atoms with Crippen LogP contribution in [0, 0.1) is 0 Å². The summed E-state index contributed by atoms with van der Waals surface area (Å²) in [6.07, 6.45) is 0. The van der Waals surface area contributed by atoms with Crippen molar-refractivity contribution < 1.29 is 0 Å². The van der Waals surface area contributed by atoms with Gasteiger partial charge in [0.1, 0.15) is 0 Å². The van der Waals surface area contributed by atoms with Crippen molar-refractivity contribution in [1.82, 2.24) is 0 Å². The SMILES string of the molecule is CN1c2cc(C(C)(C)C)ccc2-c2cccc3c(C(C)(C)C)ccc1c23. The zero-order chi connectivity index (χ0) is 18.9. The summed E-state index contributed by atoms with van der Waals surface area (Å²) in [5, 5.41) is 2.77. The zero-order valence-electron chi connectivity index (χ0n) is 17.1. The van der Waals surface area contributed by atoms with Crippen molar-refractivity contribution in [1.29, 1.82) is 0 Å².